The van der Waals surface area contributed by atoms with Crippen LogP contribution in [0.5, 0.6) is 11.5 Å². The van der Waals surface area contributed by atoms with E-state index < -0.39 is 0 Å². The van der Waals surface area contributed by atoms with Gasteiger partial charge < -0.3 is 14.8 Å². The molecule has 0 radical (unpaired) electrons. The third-order valence-corrected chi connectivity index (χ3v) is 6.08. The van der Waals surface area contributed by atoms with E-state index in [1.807, 2.05) is 67.6 Å². The van der Waals surface area contributed by atoms with Crippen LogP contribution in [0.4, 0.5) is 11.4 Å². The van der Waals surface area contributed by atoms with Gasteiger partial charge >= 0.3 is 0 Å². The molecule has 178 valence electrons. The number of nitrogens with one attached hydrogen (secondary N) is 1. The van der Waals surface area contributed by atoms with Crippen molar-refractivity contribution in [3.63, 3.8) is 0 Å². The van der Waals surface area contributed by atoms with Crippen LogP contribution in [-0.4, -0.2) is 31.2 Å². The quantitative estimate of drug-likeness (QED) is 0.298. The first-order chi connectivity index (χ1) is 16.9. The number of methoxy groups -OCH3 is 1. The van der Waals surface area contributed by atoms with Crippen LogP contribution in [0.25, 0.3) is 6.08 Å². The average molecular weight is 581 g/mol. The predicted molar refractivity (Wildman–Crippen MR) is 146 cm³/mol. The summed E-state index contributed by atoms with van der Waals surface area (Å²) in [6.45, 7) is 3.60. The van der Waals surface area contributed by atoms with Gasteiger partial charge in [-0.1, -0.05) is 30.3 Å². The van der Waals surface area contributed by atoms with E-state index in [1.165, 1.54) is 12.1 Å². The summed E-state index contributed by atoms with van der Waals surface area (Å²) in [6.07, 6.45) is 1.78. The molecule has 3 aromatic rings. The summed E-state index contributed by atoms with van der Waals surface area (Å²) in [7, 11) is 1.53. The van der Waals surface area contributed by atoms with Crippen molar-refractivity contribution in [3.8, 4) is 11.5 Å². The molecule has 0 saturated carbocycles. The first-order valence-electron chi connectivity index (χ1n) is 10.9. The van der Waals surface area contributed by atoms with Gasteiger partial charge in [-0.25, -0.2) is 0 Å². The van der Waals surface area contributed by atoms with Crippen molar-refractivity contribution in [2.24, 2.45) is 5.10 Å². The van der Waals surface area contributed by atoms with Gasteiger partial charge in [-0.2, -0.15) is 10.1 Å². The number of halogens is 1. The maximum Gasteiger partial charge on any atom is 0.280 e. The lowest BCUT2D eigenvalue weighted by Crippen LogP contribution is -2.21. The number of rotatable bonds is 7. The van der Waals surface area contributed by atoms with Crippen molar-refractivity contribution in [1.82, 2.24) is 0 Å². The summed E-state index contributed by atoms with van der Waals surface area (Å²) in [5, 5.41) is 8.64. The second-order valence-corrected chi connectivity index (χ2v) is 9.10. The highest BCUT2D eigenvalue weighted by Gasteiger charge is 2.28. The van der Waals surface area contributed by atoms with Crippen LogP contribution in [0.3, 0.4) is 0 Å². The highest BCUT2D eigenvalue weighted by Crippen LogP contribution is 2.35. The third kappa shape index (κ3) is 5.71. The van der Waals surface area contributed by atoms with Crippen LogP contribution in [0.15, 0.2) is 77.4 Å². The SMILES string of the molecule is COc1cc(/C=C2/C(=O)N(c3ccccc3)N=C2C)cc(I)c1OCC(=O)Nc1cccc(C)c1. The second-order valence-electron chi connectivity index (χ2n) is 7.94. The van der Waals surface area contributed by atoms with E-state index in [4.69, 9.17) is 9.47 Å². The van der Waals surface area contributed by atoms with Gasteiger partial charge in [0.25, 0.3) is 11.8 Å². The van der Waals surface area contributed by atoms with Crippen molar-refractivity contribution < 1.29 is 19.1 Å². The van der Waals surface area contributed by atoms with E-state index in [1.54, 1.807) is 19.1 Å². The number of para-hydroxylation sites is 1. The highest BCUT2D eigenvalue weighted by molar-refractivity contribution is 14.1. The Labute approximate surface area is 217 Å². The zero-order valence-electron chi connectivity index (χ0n) is 19.5. The molecule has 0 atom stereocenters. The van der Waals surface area contributed by atoms with E-state index in [-0.39, 0.29) is 18.4 Å². The monoisotopic (exact) mass is 581 g/mol. The lowest BCUT2D eigenvalue weighted by molar-refractivity contribution is -0.118. The number of nitrogens with zero attached hydrogens (tertiary/aromatic N) is 2. The van der Waals surface area contributed by atoms with Crippen molar-refractivity contribution in [2.45, 2.75) is 13.8 Å². The van der Waals surface area contributed by atoms with Crippen LogP contribution >= 0.6 is 22.6 Å². The van der Waals surface area contributed by atoms with Gasteiger partial charge in [0, 0.05) is 5.69 Å². The summed E-state index contributed by atoms with van der Waals surface area (Å²) in [6, 6.07) is 20.5. The third-order valence-electron chi connectivity index (χ3n) is 5.28. The molecule has 3 aromatic carbocycles. The Balaban J connectivity index is 1.51. The Morgan fingerprint density at radius 1 is 1.09 bits per heavy atom. The summed E-state index contributed by atoms with van der Waals surface area (Å²) in [5.74, 6) is 0.454. The summed E-state index contributed by atoms with van der Waals surface area (Å²) >= 11 is 2.13. The van der Waals surface area contributed by atoms with E-state index in [2.05, 4.69) is 33.0 Å². The smallest absolute Gasteiger partial charge is 0.280 e. The molecule has 0 spiro atoms. The van der Waals surface area contributed by atoms with Gasteiger partial charge in [0.05, 0.1) is 27.7 Å². The molecule has 8 heteroatoms. The summed E-state index contributed by atoms with van der Waals surface area (Å²) in [4.78, 5) is 25.4. The molecule has 0 aromatic heterocycles. The lowest BCUT2D eigenvalue weighted by Gasteiger charge is -2.14. The molecule has 0 unspecified atom stereocenters. The maximum atomic E-state index is 13.0. The van der Waals surface area contributed by atoms with Crippen molar-refractivity contribution in [2.75, 3.05) is 24.0 Å². The van der Waals surface area contributed by atoms with Crippen molar-refractivity contribution in [3.05, 3.63) is 87.0 Å². The zero-order chi connectivity index (χ0) is 24.9. The van der Waals surface area contributed by atoms with Crippen molar-refractivity contribution in [1.29, 1.82) is 0 Å². The molecule has 4 rings (SSSR count). The fourth-order valence-corrected chi connectivity index (χ4v) is 4.40. The predicted octanol–water partition coefficient (Wildman–Crippen LogP) is 5.43. The Hall–Kier alpha value is -3.66. The molecule has 0 fully saturated rings. The number of ether oxygens (including phenoxy) is 2. The molecule has 0 aliphatic carbocycles. The molecule has 1 aliphatic rings. The minimum atomic E-state index is -0.274. The minimum Gasteiger partial charge on any atom is -0.493 e. The number of carbonyl (C=O) groups excluding carboxylic acids is 2. The number of hydrogen-bond donors (Lipinski definition) is 1. The number of anilines is 2. The number of amides is 2. The number of hydrazone groups is 1. The standard InChI is InChI=1S/C27H24IN3O4/c1-17-8-7-9-20(12-17)29-25(32)16-35-26-23(28)14-19(15-24(26)34-3)13-22-18(2)30-31(27(22)33)21-10-5-4-6-11-21/h4-15H,16H2,1-3H3,(H,29,32)/b22-13+. The number of carbonyl (C=O) groups is 2. The molecule has 0 saturated heterocycles. The molecular formula is C27H24IN3O4. The maximum absolute atomic E-state index is 13.0. The average Bonchev–Trinajstić information content (AvgIpc) is 3.12. The topological polar surface area (TPSA) is 80.2 Å². The number of aryl methyl sites for hydroxylation is 1. The molecule has 35 heavy (non-hydrogen) atoms. The Bertz CT molecular complexity index is 1340. The van der Waals surface area contributed by atoms with Gasteiger partial charge in [-0.3, -0.25) is 9.59 Å². The van der Waals surface area contributed by atoms with Gasteiger partial charge in [0.2, 0.25) is 0 Å². The van der Waals surface area contributed by atoms with E-state index in [9.17, 15) is 9.59 Å². The van der Waals surface area contributed by atoms with Crippen LogP contribution in [0.2, 0.25) is 0 Å². The van der Waals surface area contributed by atoms with Gasteiger partial charge in [-0.05, 0) is 90.0 Å². The normalized spacial score (nSPS) is 14.2. The number of hydrogen-bond acceptors (Lipinski definition) is 5. The van der Waals surface area contributed by atoms with Crippen molar-refractivity contribution >= 4 is 57.6 Å². The molecule has 7 nitrogen and oxygen atoms in total. The molecule has 0 bridgehead atoms. The Morgan fingerprint density at radius 3 is 2.57 bits per heavy atom. The van der Waals surface area contributed by atoms with E-state index >= 15 is 0 Å². The molecular weight excluding hydrogens is 557 g/mol. The lowest BCUT2D eigenvalue weighted by atomic mass is 10.1. The van der Waals surface area contributed by atoms with Crippen LogP contribution < -0.4 is 19.8 Å². The molecule has 2 amide bonds. The second kappa shape index (κ2) is 10.7. The Morgan fingerprint density at radius 2 is 1.86 bits per heavy atom. The van der Waals surface area contributed by atoms with Gasteiger partial charge in [0.15, 0.2) is 18.1 Å². The first-order valence-corrected chi connectivity index (χ1v) is 12.0. The van der Waals surface area contributed by atoms with E-state index in [0.717, 1.165) is 14.7 Å². The van der Waals surface area contributed by atoms with Gasteiger partial charge in [0.1, 0.15) is 0 Å². The van der Waals surface area contributed by atoms with E-state index in [0.29, 0.717) is 34.2 Å². The van der Waals surface area contributed by atoms with Crippen LogP contribution in [0, 0.1) is 10.5 Å². The molecule has 1 N–H and O–H groups in total. The number of benzene rings is 3. The molecule has 1 heterocycles. The zero-order valence-corrected chi connectivity index (χ0v) is 21.7. The Kier molecular flexibility index (Phi) is 7.50. The fraction of sp³-hybridized carbons (Fsp3) is 0.148. The summed E-state index contributed by atoms with van der Waals surface area (Å²) in [5.41, 5.74) is 4.36. The van der Waals surface area contributed by atoms with Crippen LogP contribution in [0.1, 0.15) is 18.1 Å². The first kappa shape index (κ1) is 24.5. The summed E-state index contributed by atoms with van der Waals surface area (Å²) < 4.78 is 12.1. The largest absolute Gasteiger partial charge is 0.493 e. The minimum absolute atomic E-state index is 0.170. The fourth-order valence-electron chi connectivity index (χ4n) is 3.62. The highest BCUT2D eigenvalue weighted by atomic mass is 127. The molecule has 1 aliphatic heterocycles. The van der Waals surface area contributed by atoms with Crippen LogP contribution in [-0.2, 0) is 9.59 Å². The van der Waals surface area contributed by atoms with Gasteiger partial charge in [-0.15, -0.1) is 0 Å².